The quantitative estimate of drug-likeness (QED) is 0.679. The van der Waals surface area contributed by atoms with Crippen molar-refractivity contribution >= 4 is 11.8 Å². The van der Waals surface area contributed by atoms with E-state index in [-0.39, 0.29) is 5.92 Å². The predicted molar refractivity (Wildman–Crippen MR) is 57.7 cm³/mol. The standard InChI is InChI=1S/C10H18N2S/c1-8(6-11)7-12-4-5-13-10(3)9(12)2/h8-10H,4-5,7H2,1-3H3. The number of hydrogen-bond donors (Lipinski definition) is 0. The summed E-state index contributed by atoms with van der Waals surface area (Å²) in [5.41, 5.74) is 0. The van der Waals surface area contributed by atoms with E-state index in [2.05, 4.69) is 24.8 Å². The molecule has 1 saturated heterocycles. The molecule has 0 aromatic carbocycles. The van der Waals surface area contributed by atoms with Crippen LogP contribution in [0.15, 0.2) is 0 Å². The molecule has 1 aliphatic rings. The molecule has 74 valence electrons. The van der Waals surface area contributed by atoms with Crippen LogP contribution in [-0.2, 0) is 0 Å². The van der Waals surface area contributed by atoms with E-state index in [0.717, 1.165) is 13.1 Å². The Bertz CT molecular complexity index is 200. The third kappa shape index (κ3) is 2.89. The molecule has 0 aromatic heterocycles. The maximum absolute atomic E-state index is 8.74. The lowest BCUT2D eigenvalue weighted by Crippen LogP contribution is -2.46. The summed E-state index contributed by atoms with van der Waals surface area (Å²) in [6.45, 7) is 8.61. The highest BCUT2D eigenvalue weighted by Gasteiger charge is 2.25. The number of nitrogens with zero attached hydrogens (tertiary/aromatic N) is 2. The Morgan fingerprint density at radius 2 is 2.31 bits per heavy atom. The number of nitriles is 1. The van der Waals surface area contributed by atoms with Crippen molar-refractivity contribution in [3.63, 3.8) is 0 Å². The Kier molecular flexibility index (Phi) is 4.08. The minimum absolute atomic E-state index is 0.165. The van der Waals surface area contributed by atoms with Crippen molar-refractivity contribution in [2.75, 3.05) is 18.8 Å². The number of thioether (sulfide) groups is 1. The molecule has 3 atom stereocenters. The van der Waals surface area contributed by atoms with E-state index in [1.807, 2.05) is 18.7 Å². The van der Waals surface area contributed by atoms with Gasteiger partial charge in [-0.2, -0.15) is 17.0 Å². The largest absolute Gasteiger partial charge is 0.297 e. The summed E-state index contributed by atoms with van der Waals surface area (Å²) in [6, 6.07) is 2.92. The summed E-state index contributed by atoms with van der Waals surface area (Å²) in [7, 11) is 0. The van der Waals surface area contributed by atoms with Crippen LogP contribution < -0.4 is 0 Å². The van der Waals surface area contributed by atoms with Crippen molar-refractivity contribution in [3.05, 3.63) is 0 Å². The minimum atomic E-state index is 0.165. The Morgan fingerprint density at radius 1 is 1.62 bits per heavy atom. The van der Waals surface area contributed by atoms with Gasteiger partial charge in [0.2, 0.25) is 0 Å². The molecule has 0 amide bonds. The first kappa shape index (κ1) is 10.9. The normalized spacial score (nSPS) is 32.5. The molecule has 0 radical (unpaired) electrons. The van der Waals surface area contributed by atoms with E-state index in [4.69, 9.17) is 5.26 Å². The van der Waals surface area contributed by atoms with Gasteiger partial charge in [-0.3, -0.25) is 4.90 Å². The van der Waals surface area contributed by atoms with Gasteiger partial charge in [0, 0.05) is 30.1 Å². The minimum Gasteiger partial charge on any atom is -0.297 e. The van der Waals surface area contributed by atoms with Gasteiger partial charge < -0.3 is 0 Å². The molecular weight excluding hydrogens is 180 g/mol. The van der Waals surface area contributed by atoms with Gasteiger partial charge in [-0.1, -0.05) is 6.92 Å². The summed E-state index contributed by atoms with van der Waals surface area (Å²) in [4.78, 5) is 2.44. The highest BCUT2D eigenvalue weighted by atomic mass is 32.2. The predicted octanol–water partition coefficient (Wildman–Crippen LogP) is 1.97. The molecule has 1 aliphatic heterocycles. The average molecular weight is 198 g/mol. The molecule has 1 heterocycles. The molecule has 2 nitrogen and oxygen atoms in total. The zero-order chi connectivity index (χ0) is 9.84. The van der Waals surface area contributed by atoms with Crippen LogP contribution in [0.5, 0.6) is 0 Å². The van der Waals surface area contributed by atoms with E-state index in [9.17, 15) is 0 Å². The first-order valence-corrected chi connectivity index (χ1v) is 5.95. The van der Waals surface area contributed by atoms with Gasteiger partial charge in [0.25, 0.3) is 0 Å². The van der Waals surface area contributed by atoms with Gasteiger partial charge in [-0.05, 0) is 13.8 Å². The molecule has 0 saturated carbocycles. The van der Waals surface area contributed by atoms with Crippen LogP contribution >= 0.6 is 11.8 Å². The molecule has 3 heteroatoms. The lowest BCUT2D eigenvalue weighted by atomic mass is 10.1. The van der Waals surface area contributed by atoms with Gasteiger partial charge >= 0.3 is 0 Å². The van der Waals surface area contributed by atoms with E-state index < -0.39 is 0 Å². The molecular formula is C10H18N2S. The van der Waals surface area contributed by atoms with Crippen molar-refractivity contribution < 1.29 is 0 Å². The van der Waals surface area contributed by atoms with Crippen molar-refractivity contribution in [3.8, 4) is 6.07 Å². The van der Waals surface area contributed by atoms with Gasteiger partial charge in [0.1, 0.15) is 0 Å². The third-order valence-corrected chi connectivity index (χ3v) is 4.08. The fraction of sp³-hybridized carbons (Fsp3) is 0.900. The fourth-order valence-electron chi connectivity index (χ4n) is 1.65. The van der Waals surface area contributed by atoms with E-state index in [1.54, 1.807) is 0 Å². The van der Waals surface area contributed by atoms with E-state index >= 15 is 0 Å². The maximum atomic E-state index is 8.74. The molecule has 0 bridgehead atoms. The summed E-state index contributed by atoms with van der Waals surface area (Å²) in [5, 5.41) is 9.44. The SMILES string of the molecule is CC(C#N)CN1CCSC(C)C1C. The first-order valence-electron chi connectivity index (χ1n) is 4.90. The third-order valence-electron chi connectivity index (χ3n) is 2.74. The summed E-state index contributed by atoms with van der Waals surface area (Å²) < 4.78 is 0. The number of rotatable bonds is 2. The Morgan fingerprint density at radius 3 is 2.92 bits per heavy atom. The second-order valence-electron chi connectivity index (χ2n) is 3.84. The second kappa shape index (κ2) is 4.88. The molecule has 0 aromatic rings. The van der Waals surface area contributed by atoms with Crippen LogP contribution in [0.3, 0.4) is 0 Å². The van der Waals surface area contributed by atoms with Crippen molar-refractivity contribution in [1.82, 2.24) is 4.90 Å². The van der Waals surface area contributed by atoms with Crippen molar-refractivity contribution in [1.29, 1.82) is 5.26 Å². The summed E-state index contributed by atoms with van der Waals surface area (Å²) >= 11 is 2.04. The average Bonchev–Trinajstić information content (AvgIpc) is 2.13. The molecule has 13 heavy (non-hydrogen) atoms. The maximum Gasteiger partial charge on any atom is 0.0666 e. The van der Waals surface area contributed by atoms with Crippen molar-refractivity contribution in [2.24, 2.45) is 5.92 Å². The summed E-state index contributed by atoms with van der Waals surface area (Å²) in [6.07, 6.45) is 0. The Labute approximate surface area is 85.3 Å². The monoisotopic (exact) mass is 198 g/mol. The van der Waals surface area contributed by atoms with Gasteiger partial charge in [-0.25, -0.2) is 0 Å². The van der Waals surface area contributed by atoms with E-state index in [0.29, 0.717) is 11.3 Å². The van der Waals surface area contributed by atoms with Crippen LogP contribution in [0.2, 0.25) is 0 Å². The highest BCUT2D eigenvalue weighted by molar-refractivity contribution is 8.00. The highest BCUT2D eigenvalue weighted by Crippen LogP contribution is 2.24. The van der Waals surface area contributed by atoms with E-state index in [1.165, 1.54) is 5.75 Å². The van der Waals surface area contributed by atoms with Crippen LogP contribution in [0.1, 0.15) is 20.8 Å². The van der Waals surface area contributed by atoms with Crippen LogP contribution in [0.4, 0.5) is 0 Å². The second-order valence-corrected chi connectivity index (χ2v) is 5.33. The van der Waals surface area contributed by atoms with Crippen LogP contribution in [-0.4, -0.2) is 35.0 Å². The molecule has 1 rings (SSSR count). The lowest BCUT2D eigenvalue weighted by molar-refractivity contribution is 0.199. The first-order chi connectivity index (χ1) is 6.15. The Balaban J connectivity index is 2.45. The molecule has 0 N–H and O–H groups in total. The zero-order valence-electron chi connectivity index (χ0n) is 8.66. The van der Waals surface area contributed by atoms with Gasteiger partial charge in [0.15, 0.2) is 0 Å². The van der Waals surface area contributed by atoms with Crippen LogP contribution in [0.25, 0.3) is 0 Å². The molecule has 0 spiro atoms. The van der Waals surface area contributed by atoms with Crippen molar-refractivity contribution in [2.45, 2.75) is 32.1 Å². The Hall–Kier alpha value is -0.200. The van der Waals surface area contributed by atoms with Gasteiger partial charge in [0.05, 0.1) is 12.0 Å². The van der Waals surface area contributed by atoms with Gasteiger partial charge in [-0.15, -0.1) is 0 Å². The number of hydrogen-bond acceptors (Lipinski definition) is 3. The van der Waals surface area contributed by atoms with Crippen LogP contribution in [0, 0.1) is 17.2 Å². The molecule has 0 aliphatic carbocycles. The molecule has 1 fully saturated rings. The zero-order valence-corrected chi connectivity index (χ0v) is 9.47. The smallest absolute Gasteiger partial charge is 0.0666 e. The summed E-state index contributed by atoms with van der Waals surface area (Å²) in [5.74, 6) is 1.38. The lowest BCUT2D eigenvalue weighted by Gasteiger charge is -2.37. The topological polar surface area (TPSA) is 27.0 Å². The fourth-order valence-corrected chi connectivity index (χ4v) is 2.81. The molecule has 3 unspecified atom stereocenters.